The molecule has 32 heavy (non-hydrogen) atoms. The summed E-state index contributed by atoms with van der Waals surface area (Å²) < 4.78 is 2.77. The zero-order valence-corrected chi connectivity index (χ0v) is 22.3. The van der Waals surface area contributed by atoms with Crippen molar-refractivity contribution in [3.63, 3.8) is 0 Å². The fourth-order valence-electron chi connectivity index (χ4n) is 4.78. The van der Waals surface area contributed by atoms with Crippen molar-refractivity contribution >= 4 is 31.5 Å². The van der Waals surface area contributed by atoms with E-state index in [1.54, 1.807) is 0 Å². The molecule has 168 valence electrons. The van der Waals surface area contributed by atoms with E-state index in [1.807, 2.05) is 11.3 Å². The summed E-state index contributed by atoms with van der Waals surface area (Å²) in [6.07, 6.45) is 0. The summed E-state index contributed by atoms with van der Waals surface area (Å²) in [5.41, 5.74) is 8.73. The van der Waals surface area contributed by atoms with Gasteiger partial charge in [0.2, 0.25) is 0 Å². The Labute approximate surface area is 198 Å². The molecule has 0 radical (unpaired) electrons. The third-order valence-corrected chi connectivity index (χ3v) is 7.83. The fourth-order valence-corrected chi connectivity index (χ4v) is 5.97. The van der Waals surface area contributed by atoms with Crippen LogP contribution in [0.1, 0.15) is 84.6 Å². The fraction of sp³-hybridized carbons (Fsp3) is 0.419. The van der Waals surface area contributed by atoms with Crippen molar-refractivity contribution in [1.82, 2.24) is 0 Å². The number of hydrogen-bond donors (Lipinski definition) is 0. The van der Waals surface area contributed by atoms with Crippen LogP contribution in [0, 0.1) is 6.92 Å². The van der Waals surface area contributed by atoms with Gasteiger partial charge in [-0.2, -0.15) is 0 Å². The van der Waals surface area contributed by atoms with Crippen molar-refractivity contribution in [1.29, 1.82) is 0 Å². The lowest BCUT2D eigenvalue weighted by Gasteiger charge is -2.26. The summed E-state index contributed by atoms with van der Waals surface area (Å²) in [7, 11) is 0. The molecular formula is C31H38S. The zero-order valence-electron chi connectivity index (χ0n) is 21.5. The molecule has 1 heterocycles. The first-order chi connectivity index (χ1) is 14.7. The summed E-state index contributed by atoms with van der Waals surface area (Å²) in [4.78, 5) is 0. The Morgan fingerprint density at radius 1 is 0.594 bits per heavy atom. The van der Waals surface area contributed by atoms with Crippen LogP contribution in [0.3, 0.4) is 0 Å². The van der Waals surface area contributed by atoms with E-state index in [4.69, 9.17) is 0 Å². The van der Waals surface area contributed by atoms with Crippen LogP contribution in [0.15, 0.2) is 48.5 Å². The predicted molar refractivity (Wildman–Crippen MR) is 146 cm³/mol. The smallest absolute Gasteiger partial charge is 0.0361 e. The van der Waals surface area contributed by atoms with Gasteiger partial charge in [-0.3, -0.25) is 0 Å². The molecule has 0 amide bonds. The molecule has 0 aliphatic heterocycles. The maximum Gasteiger partial charge on any atom is 0.0361 e. The SMILES string of the molecule is Cc1c(C(C)(C)C)ccc2sc3cccc(-c4cc(C(C)(C)C)cc(C(C)(C)C)c4)c3c12. The number of benzene rings is 3. The predicted octanol–water partition coefficient (Wildman–Crippen LogP) is 9.92. The van der Waals surface area contributed by atoms with Crippen molar-refractivity contribution < 1.29 is 0 Å². The highest BCUT2D eigenvalue weighted by atomic mass is 32.1. The number of fused-ring (bicyclic) bond motifs is 3. The van der Waals surface area contributed by atoms with Gasteiger partial charge in [-0.1, -0.05) is 98.7 Å². The van der Waals surface area contributed by atoms with Crippen LogP contribution in [0.2, 0.25) is 0 Å². The van der Waals surface area contributed by atoms with Crippen LogP contribution in [0.25, 0.3) is 31.3 Å². The molecule has 0 atom stereocenters. The number of thiophene rings is 1. The van der Waals surface area contributed by atoms with Crippen LogP contribution in [0.5, 0.6) is 0 Å². The normalized spacial score (nSPS) is 13.3. The highest BCUT2D eigenvalue weighted by Gasteiger charge is 2.23. The highest BCUT2D eigenvalue weighted by Crippen LogP contribution is 2.45. The van der Waals surface area contributed by atoms with Crippen LogP contribution >= 0.6 is 11.3 Å². The van der Waals surface area contributed by atoms with Crippen LogP contribution in [-0.2, 0) is 16.2 Å². The molecule has 0 aliphatic rings. The van der Waals surface area contributed by atoms with E-state index in [9.17, 15) is 0 Å². The molecule has 0 saturated carbocycles. The second-order valence-electron chi connectivity index (χ2n) is 12.4. The first-order valence-corrected chi connectivity index (χ1v) is 12.6. The Morgan fingerprint density at radius 3 is 1.69 bits per heavy atom. The third-order valence-electron chi connectivity index (χ3n) is 6.71. The van der Waals surface area contributed by atoms with Crippen molar-refractivity contribution in [2.24, 2.45) is 0 Å². The molecule has 0 nitrogen and oxygen atoms in total. The van der Waals surface area contributed by atoms with Gasteiger partial charge in [-0.25, -0.2) is 0 Å². The Morgan fingerprint density at radius 2 is 1.16 bits per heavy atom. The average molecular weight is 443 g/mol. The van der Waals surface area contributed by atoms with Gasteiger partial charge in [0.1, 0.15) is 0 Å². The van der Waals surface area contributed by atoms with Crippen LogP contribution in [0.4, 0.5) is 0 Å². The Hall–Kier alpha value is -2.12. The molecule has 4 rings (SSSR count). The lowest BCUT2D eigenvalue weighted by Crippen LogP contribution is -2.16. The van der Waals surface area contributed by atoms with Gasteiger partial charge in [0.05, 0.1) is 0 Å². The van der Waals surface area contributed by atoms with Gasteiger partial charge >= 0.3 is 0 Å². The minimum absolute atomic E-state index is 0.107. The number of rotatable bonds is 1. The largest absolute Gasteiger partial charge is 0.135 e. The van der Waals surface area contributed by atoms with Crippen molar-refractivity contribution in [3.05, 3.63) is 70.8 Å². The minimum Gasteiger partial charge on any atom is -0.135 e. The van der Waals surface area contributed by atoms with Gasteiger partial charge in [0.25, 0.3) is 0 Å². The zero-order chi connectivity index (χ0) is 23.6. The van der Waals surface area contributed by atoms with Crippen LogP contribution in [-0.4, -0.2) is 0 Å². The molecule has 3 aromatic carbocycles. The molecule has 0 spiro atoms. The van der Waals surface area contributed by atoms with E-state index in [2.05, 4.69) is 118 Å². The molecular weight excluding hydrogens is 404 g/mol. The molecule has 4 aromatic rings. The molecule has 0 fully saturated rings. The maximum atomic E-state index is 2.43. The molecule has 1 aromatic heterocycles. The third kappa shape index (κ3) is 4.01. The van der Waals surface area contributed by atoms with E-state index >= 15 is 0 Å². The molecule has 1 heteroatoms. The molecule has 0 bridgehead atoms. The maximum absolute atomic E-state index is 2.43. The monoisotopic (exact) mass is 442 g/mol. The molecule has 0 N–H and O–H groups in total. The minimum atomic E-state index is 0.107. The molecule has 0 unspecified atom stereocenters. The quantitative estimate of drug-likeness (QED) is 0.275. The van der Waals surface area contributed by atoms with E-state index in [-0.39, 0.29) is 16.2 Å². The van der Waals surface area contributed by atoms with Crippen molar-refractivity contribution in [2.75, 3.05) is 0 Å². The van der Waals surface area contributed by atoms with Gasteiger partial charge in [0, 0.05) is 20.2 Å². The summed E-state index contributed by atoms with van der Waals surface area (Å²) in [6, 6.07) is 18.8. The molecule has 0 aliphatic carbocycles. The van der Waals surface area contributed by atoms with E-state index in [0.717, 1.165) is 0 Å². The summed E-state index contributed by atoms with van der Waals surface area (Å²) in [5.74, 6) is 0. The van der Waals surface area contributed by atoms with Crippen LogP contribution < -0.4 is 0 Å². The lowest BCUT2D eigenvalue weighted by molar-refractivity contribution is 0.569. The average Bonchev–Trinajstić information content (AvgIpc) is 3.05. The number of hydrogen-bond acceptors (Lipinski definition) is 1. The van der Waals surface area contributed by atoms with E-state index in [0.29, 0.717) is 0 Å². The molecule has 0 saturated heterocycles. The Kier molecular flexibility index (Phi) is 5.37. The standard InChI is InChI=1S/C31H38S/c1-19-24(31(8,9)10)14-15-26-27(19)28-23(12-11-13-25(28)32-26)20-16-21(29(2,3)4)18-22(17-20)30(5,6)7/h11-18H,1-10H3. The van der Waals surface area contributed by atoms with Gasteiger partial charge in [-0.15, -0.1) is 11.3 Å². The second kappa shape index (κ2) is 7.45. The second-order valence-corrected chi connectivity index (χ2v) is 13.5. The topological polar surface area (TPSA) is 0 Å². The van der Waals surface area contributed by atoms with Crippen molar-refractivity contribution in [2.45, 2.75) is 85.5 Å². The summed E-state index contributed by atoms with van der Waals surface area (Å²) >= 11 is 1.92. The van der Waals surface area contributed by atoms with Gasteiger partial charge in [0.15, 0.2) is 0 Å². The summed E-state index contributed by atoms with van der Waals surface area (Å²) in [6.45, 7) is 23.2. The Balaban J connectivity index is 2.11. The van der Waals surface area contributed by atoms with Gasteiger partial charge in [-0.05, 0) is 68.7 Å². The van der Waals surface area contributed by atoms with E-state index < -0.39 is 0 Å². The lowest BCUT2D eigenvalue weighted by atomic mass is 9.78. The van der Waals surface area contributed by atoms with Gasteiger partial charge < -0.3 is 0 Å². The first-order valence-electron chi connectivity index (χ1n) is 11.8. The Bertz CT molecular complexity index is 1280. The van der Waals surface area contributed by atoms with E-state index in [1.165, 1.54) is 53.6 Å². The number of aryl methyl sites for hydroxylation is 1. The first kappa shape index (κ1) is 23.1. The van der Waals surface area contributed by atoms with Crippen molar-refractivity contribution in [3.8, 4) is 11.1 Å². The summed E-state index contributed by atoms with van der Waals surface area (Å²) in [5, 5.41) is 2.86. The highest BCUT2D eigenvalue weighted by molar-refractivity contribution is 7.26.